The molecule has 58 valence electrons. The zero-order chi connectivity index (χ0) is 8.43. The van der Waals surface area contributed by atoms with Gasteiger partial charge in [0, 0.05) is 12.0 Å². The second-order valence-electron chi connectivity index (χ2n) is 2.40. The molecule has 0 aromatic rings. The minimum absolute atomic E-state index is 0.0255. The fourth-order valence-corrected chi connectivity index (χ4v) is 0.901. The monoisotopic (exact) mass is 152 g/mol. The summed E-state index contributed by atoms with van der Waals surface area (Å²) in [5.74, 6) is -0.481. The molecule has 0 saturated heterocycles. The molecule has 0 unspecified atom stereocenters. The van der Waals surface area contributed by atoms with Crippen LogP contribution < -0.4 is 0 Å². The number of aliphatic hydroxyl groups excluding tert-OH is 1. The fraction of sp³-hybridized carbons (Fsp3) is 0.250. The Kier molecular flexibility index (Phi) is 1.89. The van der Waals surface area contributed by atoms with Gasteiger partial charge >= 0.3 is 0 Å². The molecule has 0 atom stereocenters. The van der Waals surface area contributed by atoms with Crippen LogP contribution in [0.2, 0.25) is 0 Å². The minimum Gasteiger partial charge on any atom is -0.508 e. The molecule has 0 bridgehead atoms. The molecule has 0 saturated carbocycles. The molecule has 0 aromatic heterocycles. The first-order valence-electron chi connectivity index (χ1n) is 3.25. The van der Waals surface area contributed by atoms with Crippen LogP contribution in [0.15, 0.2) is 23.5 Å². The zero-order valence-corrected chi connectivity index (χ0v) is 6.13. The van der Waals surface area contributed by atoms with Crippen molar-refractivity contribution in [3.8, 4) is 0 Å². The maximum atomic E-state index is 10.8. The lowest BCUT2D eigenvalue weighted by atomic mass is 10.00. The van der Waals surface area contributed by atoms with E-state index >= 15 is 0 Å². The van der Waals surface area contributed by atoms with Gasteiger partial charge in [-0.3, -0.25) is 9.59 Å². The van der Waals surface area contributed by atoms with Crippen LogP contribution in [-0.2, 0) is 9.59 Å². The summed E-state index contributed by atoms with van der Waals surface area (Å²) in [5.41, 5.74) is 0.206. The topological polar surface area (TPSA) is 54.4 Å². The van der Waals surface area contributed by atoms with Crippen LogP contribution >= 0.6 is 0 Å². The van der Waals surface area contributed by atoms with Gasteiger partial charge < -0.3 is 5.11 Å². The third-order valence-corrected chi connectivity index (χ3v) is 1.51. The summed E-state index contributed by atoms with van der Waals surface area (Å²) < 4.78 is 0. The molecule has 3 heteroatoms. The summed E-state index contributed by atoms with van der Waals surface area (Å²) in [5, 5.41) is 9.08. The van der Waals surface area contributed by atoms with E-state index in [0.717, 1.165) is 0 Å². The van der Waals surface area contributed by atoms with Crippen LogP contribution in [0.4, 0.5) is 0 Å². The molecule has 0 aliphatic heterocycles. The quantitative estimate of drug-likeness (QED) is 0.607. The Morgan fingerprint density at radius 1 is 1.55 bits per heavy atom. The molecule has 0 aromatic carbocycles. The van der Waals surface area contributed by atoms with E-state index in [-0.39, 0.29) is 29.3 Å². The summed E-state index contributed by atoms with van der Waals surface area (Å²) in [7, 11) is 0. The average Bonchev–Trinajstić information content (AvgIpc) is 1.94. The van der Waals surface area contributed by atoms with Crippen molar-refractivity contribution < 1.29 is 14.7 Å². The highest BCUT2D eigenvalue weighted by Gasteiger charge is 2.16. The lowest BCUT2D eigenvalue weighted by Gasteiger charge is -2.06. The largest absolute Gasteiger partial charge is 0.508 e. The van der Waals surface area contributed by atoms with Gasteiger partial charge in [0.1, 0.15) is 5.76 Å². The number of ketones is 2. The maximum absolute atomic E-state index is 10.8. The van der Waals surface area contributed by atoms with Crippen molar-refractivity contribution in [2.75, 3.05) is 0 Å². The van der Waals surface area contributed by atoms with Gasteiger partial charge in [-0.25, -0.2) is 0 Å². The first kappa shape index (κ1) is 7.72. The summed E-state index contributed by atoms with van der Waals surface area (Å²) in [6.45, 7) is 1.33. The van der Waals surface area contributed by atoms with Crippen LogP contribution in [0.1, 0.15) is 13.3 Å². The summed E-state index contributed by atoms with van der Waals surface area (Å²) in [4.78, 5) is 21.5. The van der Waals surface area contributed by atoms with Crippen molar-refractivity contribution in [3.63, 3.8) is 0 Å². The lowest BCUT2D eigenvalue weighted by Crippen LogP contribution is -2.09. The molecular formula is C8H8O3. The molecule has 11 heavy (non-hydrogen) atoms. The normalized spacial score (nSPS) is 17.4. The molecular weight excluding hydrogens is 144 g/mol. The predicted octanol–water partition coefficient (Wildman–Crippen LogP) is 0.916. The summed E-state index contributed by atoms with van der Waals surface area (Å²) in [6.07, 6.45) is 2.54. The number of hydrogen-bond acceptors (Lipinski definition) is 3. The number of aliphatic hydroxyl groups is 1. The van der Waals surface area contributed by atoms with Crippen molar-refractivity contribution in [3.05, 3.63) is 23.5 Å². The molecule has 0 amide bonds. The highest BCUT2D eigenvalue weighted by Crippen LogP contribution is 2.14. The predicted molar refractivity (Wildman–Crippen MR) is 39.1 cm³/mol. The number of carbonyl (C=O) groups is 2. The minimum atomic E-state index is -0.250. The maximum Gasteiger partial charge on any atom is 0.160 e. The Labute approximate surface area is 64.0 Å². The number of carbonyl (C=O) groups excluding carboxylic acids is 2. The third kappa shape index (κ3) is 1.55. The number of rotatable bonds is 1. The van der Waals surface area contributed by atoms with Gasteiger partial charge in [0.05, 0.1) is 0 Å². The smallest absolute Gasteiger partial charge is 0.160 e. The molecule has 3 nitrogen and oxygen atoms in total. The van der Waals surface area contributed by atoms with E-state index in [4.69, 9.17) is 5.11 Å². The first-order valence-corrected chi connectivity index (χ1v) is 3.25. The second kappa shape index (κ2) is 2.70. The van der Waals surface area contributed by atoms with E-state index in [1.165, 1.54) is 19.1 Å². The lowest BCUT2D eigenvalue weighted by molar-refractivity contribution is -0.118. The Hall–Kier alpha value is -1.38. The van der Waals surface area contributed by atoms with Crippen LogP contribution in [0.25, 0.3) is 0 Å². The summed E-state index contributed by atoms with van der Waals surface area (Å²) >= 11 is 0. The van der Waals surface area contributed by atoms with Crippen LogP contribution in [0.3, 0.4) is 0 Å². The van der Waals surface area contributed by atoms with Gasteiger partial charge in [0.15, 0.2) is 11.6 Å². The Morgan fingerprint density at radius 2 is 2.18 bits per heavy atom. The molecule has 1 N–H and O–H groups in total. The highest BCUT2D eigenvalue weighted by molar-refractivity contribution is 6.04. The number of hydrogen-bond donors (Lipinski definition) is 1. The number of allylic oxidation sites excluding steroid dienone is 3. The van der Waals surface area contributed by atoms with Gasteiger partial charge in [-0.2, -0.15) is 0 Å². The molecule has 1 rings (SSSR count). The molecule has 0 fully saturated rings. The second-order valence-corrected chi connectivity index (χ2v) is 2.40. The molecule has 0 heterocycles. The van der Waals surface area contributed by atoms with Gasteiger partial charge in [-0.05, 0) is 19.1 Å². The van der Waals surface area contributed by atoms with E-state index in [0.29, 0.717) is 0 Å². The van der Waals surface area contributed by atoms with Crippen molar-refractivity contribution in [1.82, 2.24) is 0 Å². The van der Waals surface area contributed by atoms with Gasteiger partial charge in [-0.15, -0.1) is 0 Å². The fourth-order valence-electron chi connectivity index (χ4n) is 0.901. The van der Waals surface area contributed by atoms with E-state index in [1.54, 1.807) is 0 Å². The standard InChI is InChI=1S/C8H8O3/c1-5(9)7-4-6(10)2-3-8(7)11/h2-3,11H,4H2,1H3. The van der Waals surface area contributed by atoms with Gasteiger partial charge in [0.2, 0.25) is 0 Å². The van der Waals surface area contributed by atoms with Gasteiger partial charge in [-0.1, -0.05) is 0 Å². The first-order chi connectivity index (χ1) is 5.11. The Morgan fingerprint density at radius 3 is 2.64 bits per heavy atom. The van der Waals surface area contributed by atoms with Crippen molar-refractivity contribution >= 4 is 11.6 Å². The third-order valence-electron chi connectivity index (χ3n) is 1.51. The van der Waals surface area contributed by atoms with Crippen molar-refractivity contribution in [2.45, 2.75) is 13.3 Å². The summed E-state index contributed by atoms with van der Waals surface area (Å²) in [6, 6.07) is 0. The van der Waals surface area contributed by atoms with E-state index in [1.807, 2.05) is 0 Å². The average molecular weight is 152 g/mol. The highest BCUT2D eigenvalue weighted by atomic mass is 16.3. The van der Waals surface area contributed by atoms with Crippen LogP contribution in [0.5, 0.6) is 0 Å². The van der Waals surface area contributed by atoms with Crippen LogP contribution in [0, 0.1) is 0 Å². The molecule has 1 aliphatic carbocycles. The zero-order valence-electron chi connectivity index (χ0n) is 6.13. The molecule has 0 radical (unpaired) electrons. The SMILES string of the molecule is CC(=O)C1=C(O)C=CC(=O)C1. The van der Waals surface area contributed by atoms with Crippen molar-refractivity contribution in [1.29, 1.82) is 0 Å². The Bertz CT molecular complexity index is 271. The molecule has 1 aliphatic rings. The van der Waals surface area contributed by atoms with Crippen LogP contribution in [-0.4, -0.2) is 16.7 Å². The Balaban J connectivity index is 2.99. The van der Waals surface area contributed by atoms with Gasteiger partial charge in [0.25, 0.3) is 0 Å². The molecule has 0 spiro atoms. The van der Waals surface area contributed by atoms with E-state index in [2.05, 4.69) is 0 Å². The van der Waals surface area contributed by atoms with E-state index < -0.39 is 0 Å². The number of Topliss-reactive ketones (excluding diaryl/α,β-unsaturated/α-hetero) is 1. The van der Waals surface area contributed by atoms with Crippen molar-refractivity contribution in [2.24, 2.45) is 0 Å². The van der Waals surface area contributed by atoms with E-state index in [9.17, 15) is 9.59 Å².